The lowest BCUT2D eigenvalue weighted by Gasteiger charge is -2.10. The molecule has 0 heterocycles. The molecule has 0 aliphatic carbocycles. The molecule has 5 aromatic rings. The maximum absolute atomic E-state index is 12.8. The maximum Gasteiger partial charge on any atom is 0.416 e. The van der Waals surface area contributed by atoms with Gasteiger partial charge in [-0.2, -0.15) is 26.3 Å². The Morgan fingerprint density at radius 1 is 0.341 bits per heavy atom. The van der Waals surface area contributed by atoms with E-state index in [1.54, 1.807) is 104 Å². The van der Waals surface area contributed by atoms with Crippen LogP contribution in [0.15, 0.2) is 133 Å². The van der Waals surface area contributed by atoms with Crippen LogP contribution < -0.4 is 26.0 Å². The number of ether oxygens (including phenoxy) is 2. The summed E-state index contributed by atoms with van der Waals surface area (Å²) in [4.78, 5) is 48.0. The number of unbranched alkanes of at least 4 members (excludes halogenated alkanes) is 30. The minimum absolute atomic E-state index is 0. The molecule has 0 saturated heterocycles. The van der Waals surface area contributed by atoms with Gasteiger partial charge in [-0.25, -0.2) is 0 Å². The summed E-state index contributed by atoms with van der Waals surface area (Å²) in [5.74, 6) is -2.33. The standard InChI is InChI=1S/C39H51F3N2O3.C19H40O.C14H12N2O2.C2H3F3.CH4/c1-2-3-4-5-6-7-8-9-10-11-12-13-14-15-16-17-30-47-36-28-26-35(27-29-36)44-38(46)37(45)43-34-24-20-32(21-25-34)31-18-22-33(23-19-31)39(40,41)42;1-3-4-5-6-7-8-9-10-11-12-13-14-15-16-17-18-19-20-2;17-13(15-11-7-3-1-4-8-11)14(18)16-12-9-5-2-6-10-12;1-2(3,4)5;/h18-29H,2-17,30H2,1H3,(H,43,45)(H,44,46);3-19H2,1-2H3;1-10H,(H,15,17)(H,16,18);1H3;1H4. The largest absolute Gasteiger partial charge is 0.494 e. The van der Waals surface area contributed by atoms with Crippen molar-refractivity contribution in [3.63, 3.8) is 0 Å². The van der Waals surface area contributed by atoms with Crippen LogP contribution in [0.1, 0.15) is 239 Å². The van der Waals surface area contributed by atoms with Gasteiger partial charge in [-0.15, -0.1) is 0 Å². The van der Waals surface area contributed by atoms with Crippen LogP contribution in [0.3, 0.4) is 0 Å². The number of halogens is 6. The lowest BCUT2D eigenvalue weighted by atomic mass is 10.0. The molecule has 16 heteroatoms. The van der Waals surface area contributed by atoms with E-state index in [-0.39, 0.29) is 14.4 Å². The van der Waals surface area contributed by atoms with E-state index in [1.807, 2.05) is 12.1 Å². The number of nitrogens with one attached hydrogen (secondary N) is 4. The molecular formula is C75H110F6N4O6. The van der Waals surface area contributed by atoms with Gasteiger partial charge in [0.2, 0.25) is 0 Å². The molecule has 0 aromatic heterocycles. The summed E-state index contributed by atoms with van der Waals surface area (Å²) in [5.41, 5.74) is 2.60. The molecule has 0 fully saturated rings. The monoisotopic (exact) mass is 1280 g/mol. The minimum atomic E-state index is -4.39. The number of hydrogen-bond donors (Lipinski definition) is 4. The zero-order valence-corrected chi connectivity index (χ0v) is 54.5. The highest BCUT2D eigenvalue weighted by molar-refractivity contribution is 6.44. The van der Waals surface area contributed by atoms with E-state index in [1.165, 1.54) is 205 Å². The summed E-state index contributed by atoms with van der Waals surface area (Å²) in [6.07, 6.45) is 35.7. The third-order valence-electron chi connectivity index (χ3n) is 14.7. The van der Waals surface area contributed by atoms with Gasteiger partial charge in [0.25, 0.3) is 0 Å². The van der Waals surface area contributed by atoms with Gasteiger partial charge in [0.15, 0.2) is 0 Å². The lowest BCUT2D eigenvalue weighted by molar-refractivity contribution is -0.137. The molecule has 0 bridgehead atoms. The van der Waals surface area contributed by atoms with Gasteiger partial charge < -0.3 is 30.7 Å². The number of carbonyl (C=O) groups excluding carboxylic acids is 4. The number of alkyl halides is 6. The number of para-hydroxylation sites is 2. The molecule has 0 atom stereocenters. The summed E-state index contributed by atoms with van der Waals surface area (Å²) in [5, 5.41) is 10.1. The Balaban J connectivity index is 0.000000768. The first-order chi connectivity index (χ1) is 43.4. The fraction of sp³-hybridized carbons (Fsp3) is 0.547. The molecule has 0 unspecified atom stereocenters. The summed E-state index contributed by atoms with van der Waals surface area (Å²) in [6, 6.07) is 35.9. The van der Waals surface area contributed by atoms with Crippen molar-refractivity contribution in [3.05, 3.63) is 139 Å². The number of carbonyl (C=O) groups is 4. The van der Waals surface area contributed by atoms with E-state index in [9.17, 15) is 45.5 Å². The molecule has 4 N–H and O–H groups in total. The predicted octanol–water partition coefficient (Wildman–Crippen LogP) is 23.0. The Morgan fingerprint density at radius 2 is 0.582 bits per heavy atom. The van der Waals surface area contributed by atoms with Crippen molar-refractivity contribution >= 4 is 46.4 Å². The summed E-state index contributed by atoms with van der Waals surface area (Å²) in [7, 11) is 1.80. The average Bonchev–Trinajstić information content (AvgIpc) is 1.52. The Morgan fingerprint density at radius 3 is 0.857 bits per heavy atom. The van der Waals surface area contributed by atoms with E-state index in [4.69, 9.17) is 9.47 Å². The molecule has 91 heavy (non-hydrogen) atoms. The Bertz CT molecular complexity index is 2490. The summed E-state index contributed by atoms with van der Waals surface area (Å²) >= 11 is 0. The highest BCUT2D eigenvalue weighted by atomic mass is 19.4. The summed E-state index contributed by atoms with van der Waals surface area (Å²) in [6.45, 7) is 6.33. The Kier molecular flexibility index (Phi) is 47.9. The van der Waals surface area contributed by atoms with Crippen molar-refractivity contribution < 1.29 is 55.0 Å². The third kappa shape index (κ3) is 46.1. The number of anilines is 4. The van der Waals surface area contributed by atoms with E-state index in [0.717, 1.165) is 31.6 Å². The van der Waals surface area contributed by atoms with Gasteiger partial charge in [-0.1, -0.05) is 275 Å². The topological polar surface area (TPSA) is 135 Å². The highest BCUT2D eigenvalue weighted by Crippen LogP contribution is 2.31. The van der Waals surface area contributed by atoms with Crippen molar-refractivity contribution in [2.75, 3.05) is 41.6 Å². The first-order valence-corrected chi connectivity index (χ1v) is 33.3. The molecule has 4 amide bonds. The highest BCUT2D eigenvalue weighted by Gasteiger charge is 2.30. The van der Waals surface area contributed by atoms with E-state index in [2.05, 4.69) is 35.1 Å². The van der Waals surface area contributed by atoms with Crippen LogP contribution in [0.25, 0.3) is 11.1 Å². The normalized spacial score (nSPS) is 10.8. The second-order valence-electron chi connectivity index (χ2n) is 23.0. The fourth-order valence-corrected chi connectivity index (χ4v) is 9.66. The number of benzene rings is 5. The zero-order valence-electron chi connectivity index (χ0n) is 54.5. The van der Waals surface area contributed by atoms with Crippen molar-refractivity contribution in [2.45, 2.75) is 246 Å². The van der Waals surface area contributed by atoms with Crippen LogP contribution in [0.4, 0.5) is 49.1 Å². The second-order valence-corrected chi connectivity index (χ2v) is 23.0. The molecule has 0 aliphatic heterocycles. The van der Waals surface area contributed by atoms with E-state index >= 15 is 0 Å². The molecule has 5 aromatic carbocycles. The molecule has 0 radical (unpaired) electrons. The van der Waals surface area contributed by atoms with Gasteiger partial charge in [-0.05, 0) is 96.8 Å². The van der Waals surface area contributed by atoms with E-state index < -0.39 is 41.5 Å². The van der Waals surface area contributed by atoms with Gasteiger partial charge in [-0.3, -0.25) is 19.2 Å². The molecule has 0 spiro atoms. The van der Waals surface area contributed by atoms with Crippen molar-refractivity contribution in [2.24, 2.45) is 0 Å². The van der Waals surface area contributed by atoms with Crippen molar-refractivity contribution in [1.82, 2.24) is 0 Å². The molecule has 0 saturated carbocycles. The van der Waals surface area contributed by atoms with Crippen LogP contribution in [0.2, 0.25) is 0 Å². The van der Waals surface area contributed by atoms with Crippen LogP contribution in [-0.4, -0.2) is 50.1 Å². The van der Waals surface area contributed by atoms with Crippen molar-refractivity contribution in [3.8, 4) is 16.9 Å². The maximum atomic E-state index is 12.8. The zero-order chi connectivity index (χ0) is 65.8. The quantitative estimate of drug-likeness (QED) is 0.0175. The minimum Gasteiger partial charge on any atom is -0.494 e. The molecule has 10 nitrogen and oxygen atoms in total. The lowest BCUT2D eigenvalue weighted by Crippen LogP contribution is -2.29. The first-order valence-electron chi connectivity index (χ1n) is 33.3. The summed E-state index contributed by atoms with van der Waals surface area (Å²) < 4.78 is 80.4. The number of amides is 4. The molecule has 0 aliphatic rings. The Labute approximate surface area is 542 Å². The predicted molar refractivity (Wildman–Crippen MR) is 366 cm³/mol. The fourth-order valence-electron chi connectivity index (χ4n) is 9.66. The smallest absolute Gasteiger partial charge is 0.416 e. The molecule has 5 rings (SSSR count). The number of methoxy groups -OCH3 is 1. The SMILES string of the molecule is C.CC(F)(F)F.CCCCCCCCCCCCCCCCCCOC.CCCCCCCCCCCCCCCCCCOc1ccc(NC(=O)C(=O)Nc2ccc(-c3ccc(C(F)(F)F)cc3)cc2)cc1.O=C(Nc1ccccc1)C(=O)Nc1ccccc1. The van der Waals surface area contributed by atoms with Crippen molar-refractivity contribution in [1.29, 1.82) is 0 Å². The molecular weight excluding hydrogens is 1170 g/mol. The van der Waals surface area contributed by atoms with Gasteiger partial charge in [0, 0.05) is 43.4 Å². The van der Waals surface area contributed by atoms with Crippen LogP contribution in [-0.2, 0) is 30.1 Å². The van der Waals surface area contributed by atoms with Gasteiger partial charge >= 0.3 is 36.0 Å². The first kappa shape index (κ1) is 82.3. The average molecular weight is 1280 g/mol. The van der Waals surface area contributed by atoms with Gasteiger partial charge in [0.1, 0.15) is 5.75 Å². The third-order valence-corrected chi connectivity index (χ3v) is 14.7. The number of rotatable bonds is 40. The molecule has 508 valence electrons. The van der Waals surface area contributed by atoms with E-state index in [0.29, 0.717) is 46.2 Å². The van der Waals surface area contributed by atoms with Crippen LogP contribution >= 0.6 is 0 Å². The van der Waals surface area contributed by atoms with Gasteiger partial charge in [0.05, 0.1) is 12.2 Å². The number of hydrogen-bond acceptors (Lipinski definition) is 6. The Hall–Kier alpha value is -6.68. The van der Waals surface area contributed by atoms with Crippen LogP contribution in [0, 0.1) is 0 Å². The second kappa shape index (κ2) is 52.9. The van der Waals surface area contributed by atoms with Crippen LogP contribution in [0.5, 0.6) is 5.75 Å².